The fourth-order valence-corrected chi connectivity index (χ4v) is 3.14. The van der Waals surface area contributed by atoms with Crippen molar-refractivity contribution >= 4 is 28.9 Å². The van der Waals surface area contributed by atoms with Gasteiger partial charge in [-0.2, -0.15) is 0 Å². The van der Waals surface area contributed by atoms with Crippen molar-refractivity contribution in [2.24, 2.45) is 0 Å². The van der Waals surface area contributed by atoms with Crippen LogP contribution < -0.4 is 4.90 Å². The summed E-state index contributed by atoms with van der Waals surface area (Å²) in [5.74, 6) is 6.36. The van der Waals surface area contributed by atoms with Gasteiger partial charge in [0.05, 0.1) is 11.6 Å². The third-order valence-electron chi connectivity index (χ3n) is 3.75. The Morgan fingerprint density at radius 3 is 2.81 bits per heavy atom. The highest BCUT2D eigenvalue weighted by molar-refractivity contribution is 6.35. The number of para-hydroxylation sites is 1. The van der Waals surface area contributed by atoms with Crippen molar-refractivity contribution in [3.8, 4) is 11.8 Å². The molecule has 1 aliphatic heterocycles. The molecule has 1 atom stereocenters. The Balaban J connectivity index is 1.78. The van der Waals surface area contributed by atoms with Gasteiger partial charge in [-0.15, -0.1) is 0 Å². The normalized spacial score (nSPS) is 16.3. The maximum absolute atomic E-state index is 6.13. The van der Waals surface area contributed by atoms with Gasteiger partial charge in [-0.25, -0.2) is 0 Å². The van der Waals surface area contributed by atoms with Gasteiger partial charge in [0.25, 0.3) is 0 Å². The van der Waals surface area contributed by atoms with Crippen molar-refractivity contribution in [3.63, 3.8) is 0 Å². The van der Waals surface area contributed by atoms with Gasteiger partial charge < -0.3 is 4.90 Å². The Bertz CT molecular complexity index is 727. The van der Waals surface area contributed by atoms with Gasteiger partial charge >= 0.3 is 0 Å². The largest absolute Gasteiger partial charge is 0.357 e. The SMILES string of the molecule is CC1Cc2ccccc2N1CC#Cc1ccc(Cl)cc1Cl. The molecule has 1 heterocycles. The molecular weight excluding hydrogens is 301 g/mol. The molecule has 0 aliphatic carbocycles. The minimum absolute atomic E-state index is 0.484. The summed E-state index contributed by atoms with van der Waals surface area (Å²) in [5, 5.41) is 1.23. The first-order valence-electron chi connectivity index (χ1n) is 6.93. The van der Waals surface area contributed by atoms with Gasteiger partial charge in [0.1, 0.15) is 0 Å². The summed E-state index contributed by atoms with van der Waals surface area (Å²) in [6, 6.07) is 14.4. The third-order valence-corrected chi connectivity index (χ3v) is 4.30. The van der Waals surface area contributed by atoms with Gasteiger partial charge in [-0.3, -0.25) is 0 Å². The zero-order valence-corrected chi connectivity index (χ0v) is 13.2. The van der Waals surface area contributed by atoms with Crippen LogP contribution in [0.5, 0.6) is 0 Å². The lowest BCUT2D eigenvalue weighted by molar-refractivity contribution is 0.711. The summed E-state index contributed by atoms with van der Waals surface area (Å²) in [6.07, 6.45) is 1.08. The number of halogens is 2. The number of anilines is 1. The van der Waals surface area contributed by atoms with E-state index in [1.807, 2.05) is 12.1 Å². The molecule has 0 fully saturated rings. The molecule has 21 heavy (non-hydrogen) atoms. The molecule has 2 aromatic carbocycles. The fraction of sp³-hybridized carbons (Fsp3) is 0.222. The molecule has 0 saturated heterocycles. The van der Waals surface area contributed by atoms with E-state index < -0.39 is 0 Å². The monoisotopic (exact) mass is 315 g/mol. The second-order valence-electron chi connectivity index (χ2n) is 5.24. The van der Waals surface area contributed by atoms with Crippen LogP contribution in [0.25, 0.3) is 0 Å². The van der Waals surface area contributed by atoms with E-state index in [1.165, 1.54) is 11.3 Å². The maximum Gasteiger partial charge on any atom is 0.0801 e. The highest BCUT2D eigenvalue weighted by atomic mass is 35.5. The van der Waals surface area contributed by atoms with Crippen LogP contribution in [0.1, 0.15) is 18.1 Å². The Kier molecular flexibility index (Phi) is 4.10. The molecule has 3 rings (SSSR count). The minimum Gasteiger partial charge on any atom is -0.357 e. The van der Waals surface area contributed by atoms with Crippen LogP contribution in [0.15, 0.2) is 42.5 Å². The number of hydrogen-bond donors (Lipinski definition) is 0. The summed E-state index contributed by atoms with van der Waals surface area (Å²) in [5.41, 5.74) is 3.51. The van der Waals surface area contributed by atoms with E-state index in [2.05, 4.69) is 47.9 Å². The van der Waals surface area contributed by atoms with E-state index in [0.29, 0.717) is 22.6 Å². The lowest BCUT2D eigenvalue weighted by Gasteiger charge is -2.21. The van der Waals surface area contributed by atoms with Crippen molar-refractivity contribution in [1.29, 1.82) is 0 Å². The zero-order valence-electron chi connectivity index (χ0n) is 11.7. The van der Waals surface area contributed by atoms with Crippen LogP contribution in [0.3, 0.4) is 0 Å². The first-order valence-corrected chi connectivity index (χ1v) is 7.69. The van der Waals surface area contributed by atoms with E-state index in [1.54, 1.807) is 6.07 Å². The Labute approximate surface area is 135 Å². The first-order chi connectivity index (χ1) is 10.1. The molecule has 0 N–H and O–H groups in total. The molecule has 106 valence electrons. The van der Waals surface area contributed by atoms with Crippen LogP contribution in [-0.4, -0.2) is 12.6 Å². The van der Waals surface area contributed by atoms with Crippen LogP contribution in [-0.2, 0) is 6.42 Å². The van der Waals surface area contributed by atoms with Crippen molar-refractivity contribution in [3.05, 3.63) is 63.6 Å². The molecular formula is C18H15Cl2N. The molecule has 0 bridgehead atoms. The van der Waals surface area contributed by atoms with Crippen LogP contribution >= 0.6 is 23.2 Å². The van der Waals surface area contributed by atoms with Crippen molar-refractivity contribution in [1.82, 2.24) is 0 Å². The molecule has 3 heteroatoms. The van der Waals surface area contributed by atoms with Gasteiger partial charge in [-0.1, -0.05) is 53.2 Å². The average molecular weight is 316 g/mol. The Morgan fingerprint density at radius 1 is 1.19 bits per heavy atom. The van der Waals surface area contributed by atoms with Gasteiger partial charge in [0.15, 0.2) is 0 Å². The van der Waals surface area contributed by atoms with Crippen LogP contribution in [0.4, 0.5) is 5.69 Å². The summed E-state index contributed by atoms with van der Waals surface area (Å²) in [4.78, 5) is 2.34. The number of benzene rings is 2. The summed E-state index contributed by atoms with van der Waals surface area (Å²) >= 11 is 12.0. The van der Waals surface area contributed by atoms with E-state index in [-0.39, 0.29) is 0 Å². The summed E-state index contributed by atoms with van der Waals surface area (Å²) < 4.78 is 0. The van der Waals surface area contributed by atoms with Crippen LogP contribution in [0, 0.1) is 11.8 Å². The van der Waals surface area contributed by atoms with Crippen molar-refractivity contribution < 1.29 is 0 Å². The summed E-state index contributed by atoms with van der Waals surface area (Å²) in [6.45, 7) is 2.94. The predicted octanol–water partition coefficient (Wildman–Crippen LogP) is 4.80. The standard InChI is InChI=1S/C18H15Cl2N/c1-13-11-15-5-2-3-7-18(15)21(13)10-4-6-14-8-9-16(19)12-17(14)20/h2-3,5,7-9,12-13H,10-11H2,1H3. The second-order valence-corrected chi connectivity index (χ2v) is 6.08. The lowest BCUT2D eigenvalue weighted by Crippen LogP contribution is -2.29. The van der Waals surface area contributed by atoms with Gasteiger partial charge in [0, 0.05) is 22.3 Å². The van der Waals surface area contributed by atoms with Gasteiger partial charge in [-0.05, 0) is 43.2 Å². The fourth-order valence-electron chi connectivity index (χ4n) is 2.68. The van der Waals surface area contributed by atoms with E-state index in [9.17, 15) is 0 Å². The Morgan fingerprint density at radius 2 is 2.00 bits per heavy atom. The molecule has 0 saturated carbocycles. The highest BCUT2D eigenvalue weighted by Gasteiger charge is 2.24. The molecule has 1 nitrogen and oxygen atoms in total. The molecule has 1 aliphatic rings. The highest BCUT2D eigenvalue weighted by Crippen LogP contribution is 2.31. The van der Waals surface area contributed by atoms with Crippen molar-refractivity contribution in [2.75, 3.05) is 11.4 Å². The van der Waals surface area contributed by atoms with E-state index in [4.69, 9.17) is 23.2 Å². The van der Waals surface area contributed by atoms with E-state index in [0.717, 1.165) is 12.0 Å². The maximum atomic E-state index is 6.13. The molecule has 0 aromatic heterocycles. The molecule has 0 spiro atoms. The van der Waals surface area contributed by atoms with Crippen LogP contribution in [0.2, 0.25) is 10.0 Å². The first kappa shape index (κ1) is 14.3. The number of nitrogens with zero attached hydrogens (tertiary/aromatic N) is 1. The molecule has 0 radical (unpaired) electrons. The Hall–Kier alpha value is -1.62. The third kappa shape index (κ3) is 3.02. The second kappa shape index (κ2) is 6.02. The van der Waals surface area contributed by atoms with E-state index >= 15 is 0 Å². The predicted molar refractivity (Wildman–Crippen MR) is 90.3 cm³/mol. The quantitative estimate of drug-likeness (QED) is 0.683. The molecule has 2 aromatic rings. The molecule has 0 amide bonds. The van der Waals surface area contributed by atoms with Crippen molar-refractivity contribution in [2.45, 2.75) is 19.4 Å². The smallest absolute Gasteiger partial charge is 0.0801 e. The lowest BCUT2D eigenvalue weighted by atomic mass is 10.1. The average Bonchev–Trinajstić information content (AvgIpc) is 2.77. The van der Waals surface area contributed by atoms with Gasteiger partial charge in [0.2, 0.25) is 0 Å². The number of fused-ring (bicyclic) bond motifs is 1. The topological polar surface area (TPSA) is 3.24 Å². The zero-order chi connectivity index (χ0) is 14.8. The molecule has 1 unspecified atom stereocenters. The number of rotatable bonds is 1. The number of hydrogen-bond acceptors (Lipinski definition) is 1. The minimum atomic E-state index is 0.484. The summed E-state index contributed by atoms with van der Waals surface area (Å²) in [7, 11) is 0.